The van der Waals surface area contributed by atoms with Gasteiger partial charge in [0, 0.05) is 6.54 Å². The van der Waals surface area contributed by atoms with Gasteiger partial charge in [0.1, 0.15) is 18.3 Å². The third-order valence-electron chi connectivity index (χ3n) is 2.99. The van der Waals surface area contributed by atoms with Crippen LogP contribution in [0.15, 0.2) is 15.6 Å². The van der Waals surface area contributed by atoms with E-state index in [1.807, 2.05) is 0 Å². The molecule has 2 aromatic rings. The number of aromatic nitrogens is 3. The Labute approximate surface area is 116 Å². The third-order valence-corrected chi connectivity index (χ3v) is 2.99. The molecule has 0 saturated carbocycles. The van der Waals surface area contributed by atoms with Crippen molar-refractivity contribution in [3.05, 3.63) is 22.4 Å². The van der Waals surface area contributed by atoms with E-state index in [0.717, 1.165) is 6.42 Å². The Hall–Kier alpha value is -2.18. The van der Waals surface area contributed by atoms with E-state index >= 15 is 0 Å². The minimum Gasteiger partial charge on any atom is -0.355 e. The van der Waals surface area contributed by atoms with Crippen LogP contribution in [0.3, 0.4) is 0 Å². The van der Waals surface area contributed by atoms with Gasteiger partial charge in [-0.3, -0.25) is 14.2 Å². The smallest absolute Gasteiger partial charge is 0.267 e. The second-order valence-electron chi connectivity index (χ2n) is 5.16. The second-order valence-corrected chi connectivity index (χ2v) is 5.16. The summed E-state index contributed by atoms with van der Waals surface area (Å²) < 4.78 is 6.17. The van der Waals surface area contributed by atoms with E-state index in [1.165, 1.54) is 10.9 Å². The van der Waals surface area contributed by atoms with Gasteiger partial charge < -0.3 is 9.84 Å². The van der Waals surface area contributed by atoms with Gasteiger partial charge in [-0.1, -0.05) is 19.0 Å². The van der Waals surface area contributed by atoms with Gasteiger partial charge >= 0.3 is 0 Å². The first-order valence-corrected chi connectivity index (χ1v) is 6.57. The van der Waals surface area contributed by atoms with Crippen molar-refractivity contribution in [3.8, 4) is 0 Å². The minimum atomic E-state index is -0.312. The molecule has 1 amide bonds. The Morgan fingerprint density at radius 3 is 2.95 bits per heavy atom. The summed E-state index contributed by atoms with van der Waals surface area (Å²) in [5, 5.41) is 6.80. The molecule has 0 saturated heterocycles. The molecule has 0 unspecified atom stereocenters. The van der Waals surface area contributed by atoms with Gasteiger partial charge in [0.15, 0.2) is 0 Å². The lowest BCUT2D eigenvalue weighted by Gasteiger charge is -2.08. The summed E-state index contributed by atoms with van der Waals surface area (Å²) in [4.78, 5) is 27.9. The predicted molar refractivity (Wildman–Crippen MR) is 73.3 cm³/mol. The monoisotopic (exact) mass is 278 g/mol. The lowest BCUT2D eigenvalue weighted by atomic mass is 10.1. The molecule has 1 N–H and O–H groups in total. The fourth-order valence-corrected chi connectivity index (χ4v) is 1.83. The minimum absolute atomic E-state index is 0.0511. The summed E-state index contributed by atoms with van der Waals surface area (Å²) in [5.74, 6) is 0.318. The molecule has 0 fully saturated rings. The lowest BCUT2D eigenvalue weighted by molar-refractivity contribution is -0.121. The predicted octanol–water partition coefficient (Wildman–Crippen LogP) is 0.855. The van der Waals surface area contributed by atoms with Gasteiger partial charge in [0.2, 0.25) is 5.91 Å². The zero-order valence-electron chi connectivity index (χ0n) is 11.8. The molecule has 2 rings (SSSR count). The van der Waals surface area contributed by atoms with E-state index in [9.17, 15) is 9.59 Å². The molecule has 0 bridgehead atoms. The topological polar surface area (TPSA) is 90.0 Å². The number of hydrogen-bond donors (Lipinski definition) is 1. The average molecular weight is 278 g/mol. The number of rotatable bonds is 5. The van der Waals surface area contributed by atoms with Crippen LogP contribution in [0, 0.1) is 12.8 Å². The zero-order chi connectivity index (χ0) is 14.7. The number of carbonyl (C=O) groups is 1. The highest BCUT2D eigenvalue weighted by Gasteiger charge is 2.13. The van der Waals surface area contributed by atoms with E-state index in [1.54, 1.807) is 6.92 Å². The first-order chi connectivity index (χ1) is 9.49. The van der Waals surface area contributed by atoms with Gasteiger partial charge in [-0.15, -0.1) is 0 Å². The third kappa shape index (κ3) is 3.04. The second kappa shape index (κ2) is 5.85. The quantitative estimate of drug-likeness (QED) is 0.875. The lowest BCUT2D eigenvalue weighted by Crippen LogP contribution is -2.33. The SMILES string of the molecule is Cc1noc2ncn(CC(=O)NCCC(C)C)c(=O)c12. The van der Waals surface area contributed by atoms with Gasteiger partial charge in [0.05, 0.1) is 5.69 Å². The van der Waals surface area contributed by atoms with Crippen LogP contribution in [-0.2, 0) is 11.3 Å². The highest BCUT2D eigenvalue weighted by molar-refractivity contribution is 5.77. The maximum Gasteiger partial charge on any atom is 0.267 e. The number of fused-ring (bicyclic) bond motifs is 1. The first-order valence-electron chi connectivity index (χ1n) is 6.57. The molecule has 0 spiro atoms. The van der Waals surface area contributed by atoms with Crippen molar-refractivity contribution in [3.63, 3.8) is 0 Å². The highest BCUT2D eigenvalue weighted by atomic mass is 16.5. The van der Waals surface area contributed by atoms with Crippen LogP contribution in [0.25, 0.3) is 11.1 Å². The van der Waals surface area contributed by atoms with Crippen molar-refractivity contribution in [2.75, 3.05) is 6.54 Å². The number of amides is 1. The van der Waals surface area contributed by atoms with Gasteiger partial charge in [-0.25, -0.2) is 4.98 Å². The van der Waals surface area contributed by atoms with Crippen molar-refractivity contribution >= 4 is 17.0 Å². The molecule has 0 aliphatic rings. The van der Waals surface area contributed by atoms with E-state index in [4.69, 9.17) is 4.52 Å². The molecule has 2 aromatic heterocycles. The molecule has 0 aromatic carbocycles. The van der Waals surface area contributed by atoms with Crippen molar-refractivity contribution in [2.24, 2.45) is 5.92 Å². The summed E-state index contributed by atoms with van der Waals surface area (Å²) in [5.41, 5.74) is 0.365. The molecule has 0 radical (unpaired) electrons. The van der Waals surface area contributed by atoms with E-state index < -0.39 is 0 Å². The summed E-state index contributed by atoms with van der Waals surface area (Å²) in [6.07, 6.45) is 2.21. The van der Waals surface area contributed by atoms with Gasteiger partial charge in [0.25, 0.3) is 11.3 Å². The number of carbonyl (C=O) groups excluding carboxylic acids is 1. The average Bonchev–Trinajstić information content (AvgIpc) is 2.75. The Kier molecular flexibility index (Phi) is 4.16. The highest BCUT2D eigenvalue weighted by Crippen LogP contribution is 2.09. The molecule has 0 atom stereocenters. The van der Waals surface area contributed by atoms with Crippen LogP contribution in [-0.4, -0.2) is 27.2 Å². The molecule has 20 heavy (non-hydrogen) atoms. The fourth-order valence-electron chi connectivity index (χ4n) is 1.83. The standard InChI is InChI=1S/C13H18N4O3/c1-8(2)4-5-14-10(18)6-17-7-15-12-11(13(17)19)9(3)16-20-12/h7-8H,4-6H2,1-3H3,(H,14,18). The summed E-state index contributed by atoms with van der Waals surface area (Å²) in [7, 11) is 0. The molecular formula is C13H18N4O3. The van der Waals surface area contributed by atoms with Crippen molar-refractivity contribution in [1.82, 2.24) is 20.0 Å². The molecule has 2 heterocycles. The molecule has 7 heteroatoms. The number of nitrogens with one attached hydrogen (secondary N) is 1. The zero-order valence-corrected chi connectivity index (χ0v) is 11.8. The molecule has 7 nitrogen and oxygen atoms in total. The Morgan fingerprint density at radius 2 is 2.25 bits per heavy atom. The molecule has 108 valence electrons. The van der Waals surface area contributed by atoms with Crippen LogP contribution >= 0.6 is 0 Å². The molecular weight excluding hydrogens is 260 g/mol. The fraction of sp³-hybridized carbons (Fsp3) is 0.538. The van der Waals surface area contributed by atoms with Crippen LogP contribution < -0.4 is 10.9 Å². The van der Waals surface area contributed by atoms with Crippen molar-refractivity contribution in [2.45, 2.75) is 33.7 Å². The van der Waals surface area contributed by atoms with E-state index in [0.29, 0.717) is 23.5 Å². The number of hydrogen-bond acceptors (Lipinski definition) is 5. The Morgan fingerprint density at radius 1 is 1.50 bits per heavy atom. The summed E-state index contributed by atoms with van der Waals surface area (Å²) in [6.45, 7) is 6.39. The van der Waals surface area contributed by atoms with Crippen LogP contribution in [0.4, 0.5) is 0 Å². The van der Waals surface area contributed by atoms with Crippen molar-refractivity contribution < 1.29 is 9.32 Å². The summed E-state index contributed by atoms with van der Waals surface area (Å²) >= 11 is 0. The van der Waals surface area contributed by atoms with Crippen LogP contribution in [0.1, 0.15) is 26.0 Å². The van der Waals surface area contributed by atoms with Crippen molar-refractivity contribution in [1.29, 1.82) is 0 Å². The Balaban J connectivity index is 2.10. The maximum atomic E-state index is 12.2. The molecule has 0 aliphatic heterocycles. The number of nitrogens with zero attached hydrogens (tertiary/aromatic N) is 3. The maximum absolute atomic E-state index is 12.2. The van der Waals surface area contributed by atoms with Gasteiger partial charge in [-0.05, 0) is 19.3 Å². The number of aryl methyl sites for hydroxylation is 1. The van der Waals surface area contributed by atoms with Crippen LogP contribution in [0.2, 0.25) is 0 Å². The first kappa shape index (κ1) is 14.2. The Bertz CT molecular complexity index is 672. The van der Waals surface area contributed by atoms with E-state index in [2.05, 4.69) is 29.3 Å². The largest absolute Gasteiger partial charge is 0.355 e. The van der Waals surface area contributed by atoms with Gasteiger partial charge in [-0.2, -0.15) is 0 Å². The van der Waals surface area contributed by atoms with E-state index in [-0.39, 0.29) is 23.7 Å². The molecule has 0 aliphatic carbocycles. The summed E-state index contributed by atoms with van der Waals surface area (Å²) in [6, 6.07) is 0. The van der Waals surface area contributed by atoms with Crippen LogP contribution in [0.5, 0.6) is 0 Å². The normalized spacial score (nSPS) is 11.2.